The maximum Gasteiger partial charge on any atom is 0.165 e. The first-order valence-electron chi connectivity index (χ1n) is 31.1. The van der Waals surface area contributed by atoms with Crippen molar-refractivity contribution in [1.29, 1.82) is 0 Å². The number of ether oxygens (including phenoxy) is 3. The number of anilines is 2. The van der Waals surface area contributed by atoms with Crippen LogP contribution in [0.15, 0.2) is 116 Å². The number of hydrogen-bond acceptors (Lipinski definition) is 14. The van der Waals surface area contributed by atoms with Gasteiger partial charge in [-0.1, -0.05) is 126 Å². The highest BCUT2D eigenvalue weighted by Crippen LogP contribution is 2.53. The molecule has 452 valence electrons. The Morgan fingerprint density at radius 1 is 0.686 bits per heavy atom. The van der Waals surface area contributed by atoms with Gasteiger partial charge in [-0.15, -0.1) is 0 Å². The summed E-state index contributed by atoms with van der Waals surface area (Å²) in [6.45, 7) is 27.5. The van der Waals surface area contributed by atoms with E-state index in [1.807, 2.05) is 90.7 Å². The number of carbonyl (C=O) groups excluding carboxylic acids is 1. The van der Waals surface area contributed by atoms with Gasteiger partial charge in [-0.05, 0) is 101 Å². The Morgan fingerprint density at radius 3 is 1.74 bits per heavy atom. The predicted octanol–water partition coefficient (Wildman–Crippen LogP) is 13.6. The number of Topliss-reactive ketones (excluding diaryl/α,β-unsaturated/α-hetero) is 1. The number of fused-ring (bicyclic) bond motifs is 6. The molecule has 4 bridgehead atoms. The number of pyridine rings is 2. The van der Waals surface area contributed by atoms with Gasteiger partial charge in [0.05, 0.1) is 59.0 Å². The fourth-order valence-electron chi connectivity index (χ4n) is 13.5. The summed E-state index contributed by atoms with van der Waals surface area (Å²) in [6, 6.07) is 30.9. The van der Waals surface area contributed by atoms with Crippen molar-refractivity contribution < 1.29 is 24.1 Å². The Hall–Kier alpha value is -6.94. The van der Waals surface area contributed by atoms with Crippen molar-refractivity contribution in [2.75, 3.05) is 43.9 Å². The van der Waals surface area contributed by atoms with Gasteiger partial charge in [-0.2, -0.15) is 19.2 Å². The van der Waals surface area contributed by atoms with Crippen molar-refractivity contribution in [3.8, 4) is 44.8 Å². The van der Waals surface area contributed by atoms with Crippen molar-refractivity contribution in [2.45, 2.75) is 147 Å². The molecule has 6 aromatic heterocycles. The van der Waals surface area contributed by atoms with E-state index in [1.54, 1.807) is 10.7 Å². The smallest absolute Gasteiger partial charge is 0.165 e. The van der Waals surface area contributed by atoms with Crippen LogP contribution in [0.3, 0.4) is 0 Å². The number of benzene rings is 2. The Kier molecular flexibility index (Phi) is 18.2. The zero-order valence-corrected chi connectivity index (χ0v) is 53.8. The number of rotatable bonds is 21. The van der Waals surface area contributed by atoms with Crippen LogP contribution in [0.25, 0.3) is 61.8 Å². The van der Waals surface area contributed by atoms with E-state index in [0.717, 1.165) is 124 Å². The minimum absolute atomic E-state index is 0.0157. The molecule has 86 heavy (non-hydrogen) atoms. The third kappa shape index (κ3) is 13.5. The quantitative estimate of drug-likeness (QED) is 0.0202. The van der Waals surface area contributed by atoms with Gasteiger partial charge in [0.2, 0.25) is 0 Å². The maximum absolute atomic E-state index is 12.6. The summed E-state index contributed by atoms with van der Waals surface area (Å²) >= 11 is 0. The van der Waals surface area contributed by atoms with Crippen LogP contribution in [0.5, 0.6) is 0 Å². The zero-order chi connectivity index (χ0) is 60.4. The first kappa shape index (κ1) is 60.7. The van der Waals surface area contributed by atoms with Crippen LogP contribution >= 0.6 is 0 Å². The minimum atomic E-state index is -1.29. The van der Waals surface area contributed by atoms with Crippen LogP contribution in [0, 0.1) is 17.8 Å². The Labute approximate surface area is 509 Å². The fourth-order valence-corrected chi connectivity index (χ4v) is 15.0. The maximum atomic E-state index is 12.6. The predicted molar refractivity (Wildman–Crippen MR) is 349 cm³/mol. The first-order chi connectivity index (χ1) is 41.3. The monoisotopic (exact) mass is 1190 g/mol. The normalized spacial score (nSPS) is 21.8. The third-order valence-electron chi connectivity index (χ3n) is 18.1. The minimum Gasteiger partial charge on any atom is -0.494 e. The van der Waals surface area contributed by atoms with Crippen LogP contribution in [0.4, 0.5) is 11.6 Å². The van der Waals surface area contributed by atoms with Crippen molar-refractivity contribution in [3.05, 3.63) is 139 Å². The summed E-state index contributed by atoms with van der Waals surface area (Å²) < 4.78 is 22.8. The van der Waals surface area contributed by atoms with Crippen molar-refractivity contribution in [2.24, 2.45) is 17.8 Å². The summed E-state index contributed by atoms with van der Waals surface area (Å²) in [4.78, 5) is 34.9. The molecule has 0 radical (unpaired) electrons. The number of nitrogens with zero attached hydrogens (tertiary/aromatic N) is 9. The molecule has 8 unspecified atom stereocenters. The van der Waals surface area contributed by atoms with Gasteiger partial charge in [0.15, 0.2) is 17.1 Å². The largest absolute Gasteiger partial charge is 0.494 e. The van der Waals surface area contributed by atoms with Gasteiger partial charge < -0.3 is 35.3 Å². The molecular weight excluding hydrogens is 1110 g/mol. The lowest BCUT2D eigenvalue weighted by atomic mass is 9.77. The van der Waals surface area contributed by atoms with Gasteiger partial charge in [0, 0.05) is 99.1 Å². The van der Waals surface area contributed by atoms with Crippen LogP contribution in [0.2, 0.25) is 51.4 Å². The van der Waals surface area contributed by atoms with Gasteiger partial charge in [-0.3, -0.25) is 14.8 Å². The van der Waals surface area contributed by atoms with Crippen LogP contribution in [-0.2, 0) is 14.2 Å². The summed E-state index contributed by atoms with van der Waals surface area (Å²) in [5.74, 6) is 4.21. The second-order valence-corrected chi connectivity index (χ2v) is 38.2. The topological polar surface area (TPSA) is 192 Å². The standard InChI is InChI=1S/C42H61N5O3Si2.C26H26N6O2/c1-10-50-31(3)39-40(36-24-32-22-30(2)35(23-32)25-36)45-41-37(34-16-17-38(43-26-34)33-14-12-11-13-15-33)27-44-47(41)42(39)46(28-48-18-20-51(4,5)6)29-49-19-21-52(7,8)9;1-14(33)23-24(17-9-18-11-22(34)21(10-17)30-18)31-26-19(13-29-32(26)25(23)27)16-7-8-20(28-12-16)15-5-3-2-4-6-15/h11-17,26-27,30,32,35-36H,3,10,18-25,28-29H2,1-2,4-9H3;2-8,12-13,17-18,21-22,30,34H,9-11,27H2,1H3. The number of nitrogens with one attached hydrogen (secondary N) is 1. The molecule has 2 aromatic carbocycles. The van der Waals surface area contributed by atoms with E-state index in [9.17, 15) is 9.90 Å². The molecule has 2 aliphatic carbocycles. The molecular formula is C68H87N11O5Si2. The van der Waals surface area contributed by atoms with E-state index < -0.39 is 16.1 Å². The molecule has 2 saturated heterocycles. The van der Waals surface area contributed by atoms with Crippen LogP contribution in [0.1, 0.15) is 105 Å². The number of aliphatic hydroxyl groups is 1. The molecule has 0 amide bonds. The van der Waals surface area contributed by atoms with E-state index >= 15 is 0 Å². The zero-order valence-electron chi connectivity index (χ0n) is 51.8. The summed E-state index contributed by atoms with van der Waals surface area (Å²) in [5, 5.41) is 23.3. The van der Waals surface area contributed by atoms with Crippen LogP contribution < -0.4 is 16.0 Å². The lowest BCUT2D eigenvalue weighted by Crippen LogP contribution is -2.40. The summed E-state index contributed by atoms with van der Waals surface area (Å²) in [5.41, 5.74) is 18.6. The molecule has 4 aliphatic rings. The fraction of sp³-hybridized carbons (Fsp3) is 0.456. The van der Waals surface area contributed by atoms with Gasteiger partial charge in [-0.25, -0.2) is 9.97 Å². The number of nitrogen functional groups attached to an aromatic ring is 1. The average Bonchev–Trinajstić information content (AvgIpc) is 1.69. The lowest BCUT2D eigenvalue weighted by Gasteiger charge is -2.33. The average molecular weight is 1190 g/mol. The summed E-state index contributed by atoms with van der Waals surface area (Å²) in [7, 11) is -2.57. The number of ketones is 1. The number of nitrogens with two attached hydrogens (primary N) is 1. The highest BCUT2D eigenvalue weighted by molar-refractivity contribution is 6.76. The number of hydrogen-bond donors (Lipinski definition) is 3. The van der Waals surface area contributed by atoms with E-state index in [-0.39, 0.29) is 29.9 Å². The summed E-state index contributed by atoms with van der Waals surface area (Å²) in [6.07, 6.45) is 14.2. The molecule has 16 nitrogen and oxygen atoms in total. The highest BCUT2D eigenvalue weighted by atomic mass is 28.3. The third-order valence-corrected chi connectivity index (χ3v) is 21.5. The van der Waals surface area contributed by atoms with Crippen molar-refractivity contribution in [1.82, 2.24) is 44.5 Å². The molecule has 2 saturated carbocycles. The molecule has 8 heterocycles. The molecule has 8 atom stereocenters. The Bertz CT molecular complexity index is 3630. The van der Waals surface area contributed by atoms with Gasteiger partial charge in [0.25, 0.3) is 0 Å². The lowest BCUT2D eigenvalue weighted by molar-refractivity contribution is 0.0940. The number of aliphatic hydroxyl groups excluding tert-OH is 1. The van der Waals surface area contributed by atoms with Gasteiger partial charge >= 0.3 is 0 Å². The number of carbonyl (C=O) groups is 1. The first-order valence-corrected chi connectivity index (χ1v) is 38.5. The molecule has 2 aliphatic heterocycles. The van der Waals surface area contributed by atoms with E-state index in [2.05, 4.69) is 97.3 Å². The second kappa shape index (κ2) is 25.8. The molecule has 0 spiro atoms. The molecule has 4 N–H and O–H groups in total. The molecule has 18 heteroatoms. The van der Waals surface area contributed by atoms with Crippen molar-refractivity contribution >= 4 is 50.6 Å². The Balaban J connectivity index is 0.000000194. The number of aromatic nitrogens is 8. The van der Waals surface area contributed by atoms with Crippen molar-refractivity contribution in [3.63, 3.8) is 0 Å². The van der Waals surface area contributed by atoms with E-state index in [4.69, 9.17) is 40.0 Å². The molecule has 12 rings (SSSR count). The highest BCUT2D eigenvalue weighted by Gasteiger charge is 2.43. The molecule has 8 aromatic rings. The van der Waals surface area contributed by atoms with E-state index in [1.165, 1.54) is 19.8 Å². The van der Waals surface area contributed by atoms with E-state index in [0.29, 0.717) is 73.6 Å². The second-order valence-electron chi connectivity index (χ2n) is 27.0. The van der Waals surface area contributed by atoms with Gasteiger partial charge in [0.1, 0.15) is 30.9 Å². The Morgan fingerprint density at radius 2 is 1.23 bits per heavy atom. The number of piperidine rings is 1. The van der Waals surface area contributed by atoms with Crippen LogP contribution in [-0.4, -0.2) is 118 Å². The molecule has 4 fully saturated rings. The SMILES string of the molecule is C=C(OCC)c1c(C2CC3CC(C)C(C3)C2)nc2c(-c3ccc(-c4ccccc4)nc3)cnn2c1N(COCC[Si](C)(C)C)COCC[Si](C)(C)C.CC(=O)c1c(C2CC3CC(O)C(C2)N3)nc2c(-c3ccc(-c4ccccc4)nc3)cnn2c1N.